The number of hydrogen-bond donors (Lipinski definition) is 2. The van der Waals surface area contributed by atoms with Crippen LogP contribution in [0.5, 0.6) is 0 Å². The van der Waals surface area contributed by atoms with Crippen LogP contribution in [0.4, 0.5) is 4.79 Å². The number of amides is 3. The lowest BCUT2D eigenvalue weighted by atomic mass is 9.94. The van der Waals surface area contributed by atoms with E-state index in [-0.39, 0.29) is 11.8 Å². The van der Waals surface area contributed by atoms with Crippen molar-refractivity contribution >= 4 is 11.9 Å². The van der Waals surface area contributed by atoms with Crippen molar-refractivity contribution in [2.24, 2.45) is 11.7 Å². The molecule has 3 N–H and O–H groups in total. The number of nitrogens with two attached hydrogens (primary N) is 1. The third-order valence-corrected chi connectivity index (χ3v) is 2.88. The maximum Gasteiger partial charge on any atom is 0.318 e. The van der Waals surface area contributed by atoms with Gasteiger partial charge in [0.05, 0.1) is 0 Å². The lowest BCUT2D eigenvalue weighted by Crippen LogP contribution is -2.39. The molecule has 0 heterocycles. The standard InChI is InChI=1S/C14H20N2O2/c1-2-6-12(13(17)16-14(15)18)10-9-11-7-4-3-5-8-11/h3-5,7-8,12H,2,6,9-10H2,1H3,(H3,15,16,17,18). The maximum atomic E-state index is 11.8. The fourth-order valence-corrected chi connectivity index (χ4v) is 1.96. The molecule has 1 unspecified atom stereocenters. The molecule has 0 aromatic heterocycles. The van der Waals surface area contributed by atoms with Gasteiger partial charge in [0.1, 0.15) is 0 Å². The highest BCUT2D eigenvalue weighted by atomic mass is 16.2. The van der Waals surface area contributed by atoms with Crippen LogP contribution in [-0.2, 0) is 11.2 Å². The fraction of sp³-hybridized carbons (Fsp3) is 0.429. The Morgan fingerprint density at radius 1 is 1.22 bits per heavy atom. The van der Waals surface area contributed by atoms with Gasteiger partial charge in [0.15, 0.2) is 0 Å². The summed E-state index contributed by atoms with van der Waals surface area (Å²) >= 11 is 0. The summed E-state index contributed by atoms with van der Waals surface area (Å²) in [6.07, 6.45) is 3.24. The lowest BCUT2D eigenvalue weighted by molar-refractivity contribution is -0.124. The van der Waals surface area contributed by atoms with Crippen molar-refractivity contribution in [2.75, 3.05) is 0 Å². The fourth-order valence-electron chi connectivity index (χ4n) is 1.96. The molecule has 4 nitrogen and oxygen atoms in total. The van der Waals surface area contributed by atoms with Crippen LogP contribution < -0.4 is 11.1 Å². The molecule has 0 bridgehead atoms. The number of benzene rings is 1. The van der Waals surface area contributed by atoms with E-state index in [1.54, 1.807) is 0 Å². The molecule has 1 aromatic rings. The van der Waals surface area contributed by atoms with Crippen molar-refractivity contribution in [3.8, 4) is 0 Å². The molecule has 98 valence electrons. The molecule has 1 rings (SSSR count). The third kappa shape index (κ3) is 4.99. The molecule has 0 radical (unpaired) electrons. The van der Waals surface area contributed by atoms with Crippen molar-refractivity contribution in [3.63, 3.8) is 0 Å². The minimum absolute atomic E-state index is 0.150. The predicted octanol–water partition coefficient (Wildman–Crippen LogP) is 2.23. The zero-order valence-electron chi connectivity index (χ0n) is 10.7. The first kappa shape index (κ1) is 14.2. The molecular weight excluding hydrogens is 228 g/mol. The number of rotatable bonds is 6. The van der Waals surface area contributed by atoms with Gasteiger partial charge >= 0.3 is 6.03 Å². The molecule has 1 aromatic carbocycles. The molecule has 0 saturated heterocycles. The van der Waals surface area contributed by atoms with Crippen LogP contribution >= 0.6 is 0 Å². The van der Waals surface area contributed by atoms with Gasteiger partial charge in [0.2, 0.25) is 5.91 Å². The summed E-state index contributed by atoms with van der Waals surface area (Å²) in [5, 5.41) is 2.16. The van der Waals surface area contributed by atoms with Crippen LogP contribution in [-0.4, -0.2) is 11.9 Å². The monoisotopic (exact) mass is 248 g/mol. The molecule has 1 atom stereocenters. The number of imide groups is 1. The third-order valence-electron chi connectivity index (χ3n) is 2.88. The van der Waals surface area contributed by atoms with Crippen molar-refractivity contribution in [1.82, 2.24) is 5.32 Å². The first-order valence-corrected chi connectivity index (χ1v) is 6.27. The summed E-state index contributed by atoms with van der Waals surface area (Å²) < 4.78 is 0. The van der Waals surface area contributed by atoms with Gasteiger partial charge in [-0.2, -0.15) is 0 Å². The van der Waals surface area contributed by atoms with Crippen LogP contribution in [0.3, 0.4) is 0 Å². The summed E-state index contributed by atoms with van der Waals surface area (Å²) in [4.78, 5) is 22.4. The molecular formula is C14H20N2O2. The normalized spacial score (nSPS) is 11.8. The highest BCUT2D eigenvalue weighted by Crippen LogP contribution is 2.15. The zero-order chi connectivity index (χ0) is 13.4. The Kier molecular flexibility index (Phi) is 5.91. The van der Waals surface area contributed by atoms with E-state index in [9.17, 15) is 9.59 Å². The van der Waals surface area contributed by atoms with E-state index in [1.165, 1.54) is 5.56 Å². The number of nitrogens with one attached hydrogen (secondary N) is 1. The lowest BCUT2D eigenvalue weighted by Gasteiger charge is -2.14. The van der Waals surface area contributed by atoms with Gasteiger partial charge < -0.3 is 5.73 Å². The van der Waals surface area contributed by atoms with Gasteiger partial charge in [0.25, 0.3) is 0 Å². The predicted molar refractivity (Wildman–Crippen MR) is 70.9 cm³/mol. The summed E-state index contributed by atoms with van der Waals surface area (Å²) in [6.45, 7) is 2.02. The molecule has 18 heavy (non-hydrogen) atoms. The molecule has 0 aliphatic heterocycles. The summed E-state index contributed by atoms with van der Waals surface area (Å²) in [6, 6.07) is 9.22. The van der Waals surface area contributed by atoms with Gasteiger partial charge in [-0.3, -0.25) is 10.1 Å². The van der Waals surface area contributed by atoms with E-state index in [4.69, 9.17) is 5.73 Å². The van der Waals surface area contributed by atoms with Crippen LogP contribution in [0.25, 0.3) is 0 Å². The van der Waals surface area contributed by atoms with E-state index in [2.05, 4.69) is 5.32 Å². The maximum absolute atomic E-state index is 11.8. The highest BCUT2D eigenvalue weighted by Gasteiger charge is 2.18. The van der Waals surface area contributed by atoms with Gasteiger partial charge in [-0.15, -0.1) is 0 Å². The van der Waals surface area contributed by atoms with E-state index >= 15 is 0 Å². The van der Waals surface area contributed by atoms with Crippen molar-refractivity contribution in [3.05, 3.63) is 35.9 Å². The molecule has 0 saturated carbocycles. The number of carbonyl (C=O) groups is 2. The van der Waals surface area contributed by atoms with Crippen LogP contribution in [0.15, 0.2) is 30.3 Å². The number of urea groups is 1. The van der Waals surface area contributed by atoms with Crippen molar-refractivity contribution in [2.45, 2.75) is 32.6 Å². The minimum Gasteiger partial charge on any atom is -0.351 e. The van der Waals surface area contributed by atoms with Gasteiger partial charge in [-0.25, -0.2) is 4.79 Å². The number of aryl methyl sites for hydroxylation is 1. The Morgan fingerprint density at radius 2 is 1.89 bits per heavy atom. The summed E-state index contributed by atoms with van der Waals surface area (Å²) in [5.41, 5.74) is 6.16. The topological polar surface area (TPSA) is 72.2 Å². The second kappa shape index (κ2) is 7.48. The number of primary amides is 1. The van der Waals surface area contributed by atoms with E-state index in [0.717, 1.165) is 25.7 Å². The zero-order valence-corrected chi connectivity index (χ0v) is 10.7. The Bertz CT molecular complexity index is 390. The Balaban J connectivity index is 2.52. The molecule has 3 amide bonds. The first-order chi connectivity index (χ1) is 8.63. The van der Waals surface area contributed by atoms with Crippen LogP contribution in [0.2, 0.25) is 0 Å². The van der Waals surface area contributed by atoms with Gasteiger partial charge in [-0.05, 0) is 24.8 Å². The first-order valence-electron chi connectivity index (χ1n) is 6.27. The van der Waals surface area contributed by atoms with Gasteiger partial charge in [-0.1, -0.05) is 43.7 Å². The minimum atomic E-state index is -0.777. The van der Waals surface area contributed by atoms with E-state index in [1.807, 2.05) is 37.3 Å². The molecule has 0 fully saturated rings. The van der Waals surface area contributed by atoms with Crippen LogP contribution in [0, 0.1) is 5.92 Å². The SMILES string of the molecule is CCCC(CCc1ccccc1)C(=O)NC(N)=O. The van der Waals surface area contributed by atoms with Crippen molar-refractivity contribution in [1.29, 1.82) is 0 Å². The Labute approximate surface area is 108 Å². The average Bonchev–Trinajstić information content (AvgIpc) is 2.34. The molecule has 0 aliphatic carbocycles. The number of carbonyl (C=O) groups excluding carboxylic acids is 2. The summed E-state index contributed by atoms with van der Waals surface area (Å²) in [7, 11) is 0. The Hall–Kier alpha value is -1.84. The van der Waals surface area contributed by atoms with Crippen LogP contribution in [0.1, 0.15) is 31.7 Å². The van der Waals surface area contributed by atoms with Crippen molar-refractivity contribution < 1.29 is 9.59 Å². The smallest absolute Gasteiger partial charge is 0.318 e. The second-order valence-electron chi connectivity index (χ2n) is 4.36. The highest BCUT2D eigenvalue weighted by molar-refractivity contribution is 5.94. The Morgan fingerprint density at radius 3 is 2.44 bits per heavy atom. The van der Waals surface area contributed by atoms with Gasteiger partial charge in [0, 0.05) is 5.92 Å². The molecule has 0 spiro atoms. The number of hydrogen-bond acceptors (Lipinski definition) is 2. The van der Waals surface area contributed by atoms with E-state index < -0.39 is 6.03 Å². The van der Waals surface area contributed by atoms with E-state index in [0.29, 0.717) is 0 Å². The molecule has 4 heteroatoms. The molecule has 0 aliphatic rings. The quantitative estimate of drug-likeness (QED) is 0.810. The second-order valence-corrected chi connectivity index (χ2v) is 4.36. The summed E-state index contributed by atoms with van der Waals surface area (Å²) in [5.74, 6) is -0.414. The largest absolute Gasteiger partial charge is 0.351 e. The average molecular weight is 248 g/mol.